The molecule has 0 saturated carbocycles. The maximum absolute atomic E-state index is 13.8. The minimum Gasteiger partial charge on any atom is -0.465 e. The number of Topliss-reactive ketones (excluding diaryl/α,β-unsaturated/α-hetero) is 1. The van der Waals surface area contributed by atoms with E-state index in [0.29, 0.717) is 37.3 Å². The number of nitrogens with zero attached hydrogens (tertiary/aromatic N) is 3. The van der Waals surface area contributed by atoms with Crippen LogP contribution in [0.25, 0.3) is 15.8 Å². The van der Waals surface area contributed by atoms with E-state index in [2.05, 4.69) is 15.5 Å². The number of nitrogens with one attached hydrogen (secondary N) is 2. The molecule has 2 N–H and O–H groups in total. The number of hydrogen-bond acceptors (Lipinski definition) is 8. The standard InChI is InChI=1S/C33H35N5O6/c1-21-18-24-19-25(13-14-27(24)44-21)35-31(29(34-2)30(40)22-9-11-23(12-10-22)33(42)43-3)36-26-8-4-5-17-38(32(26)41)20-28(39)37-15-6-7-16-37/h9-14,18-19,26,35-36H,4-8,15-17,20H2,1,3H3/b31-29+. The van der Waals surface area contributed by atoms with Crippen molar-refractivity contribution < 1.29 is 28.3 Å². The van der Waals surface area contributed by atoms with Gasteiger partial charge in [-0.15, -0.1) is 0 Å². The molecule has 0 aliphatic carbocycles. The highest BCUT2D eigenvalue weighted by Gasteiger charge is 2.32. The number of aryl methyl sites for hydroxylation is 1. The summed E-state index contributed by atoms with van der Waals surface area (Å²) in [5, 5.41) is 7.19. The number of allylic oxidation sites excluding steroid dienone is 1. The van der Waals surface area contributed by atoms with E-state index in [4.69, 9.17) is 15.7 Å². The van der Waals surface area contributed by atoms with Gasteiger partial charge in [-0.05, 0) is 75.4 Å². The van der Waals surface area contributed by atoms with E-state index in [1.165, 1.54) is 31.4 Å². The summed E-state index contributed by atoms with van der Waals surface area (Å²) in [4.78, 5) is 59.2. The Balaban J connectivity index is 1.47. The van der Waals surface area contributed by atoms with Crippen molar-refractivity contribution in [3.8, 4) is 0 Å². The summed E-state index contributed by atoms with van der Waals surface area (Å²) in [6, 6.07) is 12.3. The second-order valence-corrected chi connectivity index (χ2v) is 11.0. The molecule has 2 aliphatic rings. The number of hydrogen-bond donors (Lipinski definition) is 2. The number of fused-ring (bicyclic) bond motifs is 1. The van der Waals surface area contributed by atoms with Crippen molar-refractivity contribution in [1.82, 2.24) is 15.1 Å². The van der Waals surface area contributed by atoms with Gasteiger partial charge in [-0.25, -0.2) is 9.64 Å². The first-order chi connectivity index (χ1) is 21.3. The lowest BCUT2D eigenvalue weighted by molar-refractivity contribution is -0.140. The topological polar surface area (TPSA) is 126 Å². The zero-order valence-electron chi connectivity index (χ0n) is 24.9. The van der Waals surface area contributed by atoms with Gasteiger partial charge < -0.3 is 34.4 Å². The number of likely N-dealkylation sites (tertiary alicyclic amines) is 2. The number of ketones is 1. The van der Waals surface area contributed by atoms with Crippen LogP contribution in [0.3, 0.4) is 0 Å². The fourth-order valence-corrected chi connectivity index (χ4v) is 5.59. The number of carbonyl (C=O) groups excluding carboxylic acids is 4. The molecule has 1 unspecified atom stereocenters. The first-order valence-corrected chi connectivity index (χ1v) is 14.7. The second-order valence-electron chi connectivity index (χ2n) is 11.0. The number of esters is 1. The molecule has 0 radical (unpaired) electrons. The molecule has 228 valence electrons. The molecule has 3 heterocycles. The molecule has 2 aliphatic heterocycles. The molecule has 11 nitrogen and oxygen atoms in total. The lowest BCUT2D eigenvalue weighted by Crippen LogP contribution is -2.49. The third-order valence-corrected chi connectivity index (χ3v) is 7.92. The monoisotopic (exact) mass is 597 g/mol. The number of anilines is 1. The molecule has 3 aromatic rings. The van der Waals surface area contributed by atoms with Crippen LogP contribution in [0.15, 0.2) is 64.5 Å². The molecule has 44 heavy (non-hydrogen) atoms. The van der Waals surface area contributed by atoms with E-state index in [-0.39, 0.29) is 41.0 Å². The van der Waals surface area contributed by atoms with Gasteiger partial charge in [0.05, 0.1) is 25.8 Å². The van der Waals surface area contributed by atoms with Gasteiger partial charge in [0.2, 0.25) is 11.8 Å². The normalized spacial score (nSPS) is 17.5. The highest BCUT2D eigenvalue weighted by molar-refractivity contribution is 6.11. The molecular weight excluding hydrogens is 562 g/mol. The van der Waals surface area contributed by atoms with Crippen LogP contribution in [0.2, 0.25) is 0 Å². The molecule has 2 aromatic carbocycles. The molecule has 2 saturated heterocycles. The zero-order chi connectivity index (χ0) is 31.2. The van der Waals surface area contributed by atoms with Gasteiger partial charge in [0, 0.05) is 36.3 Å². The van der Waals surface area contributed by atoms with E-state index in [1.54, 1.807) is 21.9 Å². The minimum absolute atomic E-state index is 0.00114. The number of methoxy groups -OCH3 is 1. The van der Waals surface area contributed by atoms with Crippen LogP contribution >= 0.6 is 0 Å². The third-order valence-electron chi connectivity index (χ3n) is 7.92. The summed E-state index contributed by atoms with van der Waals surface area (Å²) in [6.07, 6.45) is 3.86. The third kappa shape index (κ3) is 6.75. The highest BCUT2D eigenvalue weighted by atomic mass is 16.5. The SMILES string of the molecule is [C-]#[N+]/C(C(=O)c1ccc(C(=O)OC)cc1)=C(\Nc1ccc2oc(C)cc2c1)NC1CCCCN(CC(=O)N2CCCC2)C1=O. The first kappa shape index (κ1) is 30.4. The summed E-state index contributed by atoms with van der Waals surface area (Å²) < 4.78 is 10.4. The average Bonchev–Trinajstić information content (AvgIpc) is 3.67. The molecule has 2 amide bonds. The smallest absolute Gasteiger partial charge is 0.337 e. The zero-order valence-corrected chi connectivity index (χ0v) is 24.9. The summed E-state index contributed by atoms with van der Waals surface area (Å²) in [5.74, 6) is -0.637. The van der Waals surface area contributed by atoms with Gasteiger partial charge in [-0.3, -0.25) is 9.59 Å². The highest BCUT2D eigenvalue weighted by Crippen LogP contribution is 2.25. The summed E-state index contributed by atoms with van der Waals surface area (Å²) >= 11 is 0. The number of ether oxygens (including phenoxy) is 1. The van der Waals surface area contributed by atoms with Crippen LogP contribution in [-0.4, -0.2) is 72.7 Å². The summed E-state index contributed by atoms with van der Waals surface area (Å²) in [6.45, 7) is 11.7. The van der Waals surface area contributed by atoms with Crippen LogP contribution in [0.1, 0.15) is 58.6 Å². The number of rotatable bonds is 9. The van der Waals surface area contributed by atoms with Crippen molar-refractivity contribution in [3.63, 3.8) is 0 Å². The Hall–Kier alpha value is -5.11. The van der Waals surface area contributed by atoms with Gasteiger partial charge in [0.15, 0.2) is 5.78 Å². The first-order valence-electron chi connectivity index (χ1n) is 14.7. The number of benzene rings is 2. The molecule has 0 bridgehead atoms. The predicted molar refractivity (Wildman–Crippen MR) is 163 cm³/mol. The Bertz CT molecular complexity index is 1640. The van der Waals surface area contributed by atoms with Crippen LogP contribution in [-0.2, 0) is 14.3 Å². The van der Waals surface area contributed by atoms with Crippen molar-refractivity contribution >= 4 is 40.2 Å². The van der Waals surface area contributed by atoms with Crippen LogP contribution < -0.4 is 10.6 Å². The number of furan rings is 1. The van der Waals surface area contributed by atoms with Crippen molar-refractivity contribution in [2.45, 2.75) is 45.1 Å². The van der Waals surface area contributed by atoms with E-state index in [0.717, 1.165) is 36.8 Å². The number of carbonyl (C=O) groups is 4. The van der Waals surface area contributed by atoms with Gasteiger partial charge in [0.1, 0.15) is 23.2 Å². The Morgan fingerprint density at radius 2 is 1.70 bits per heavy atom. The van der Waals surface area contributed by atoms with Gasteiger partial charge in [0.25, 0.3) is 5.70 Å². The quantitative estimate of drug-likeness (QED) is 0.160. The molecule has 2 fully saturated rings. The minimum atomic E-state index is -0.766. The van der Waals surface area contributed by atoms with Gasteiger partial charge in [-0.2, -0.15) is 0 Å². The largest absolute Gasteiger partial charge is 0.465 e. The Kier molecular flexibility index (Phi) is 9.29. The van der Waals surface area contributed by atoms with Crippen molar-refractivity contribution in [1.29, 1.82) is 0 Å². The van der Waals surface area contributed by atoms with Crippen LogP contribution in [0.4, 0.5) is 5.69 Å². The second kappa shape index (κ2) is 13.5. The van der Waals surface area contributed by atoms with Gasteiger partial charge in [-0.1, -0.05) is 12.1 Å². The maximum atomic E-state index is 13.8. The van der Waals surface area contributed by atoms with E-state index in [9.17, 15) is 19.2 Å². The van der Waals surface area contributed by atoms with Crippen LogP contribution in [0, 0.1) is 13.5 Å². The van der Waals surface area contributed by atoms with Crippen molar-refractivity contribution in [2.24, 2.45) is 0 Å². The molecule has 1 aromatic heterocycles. The molecular formula is C33H35N5O6. The lowest BCUT2D eigenvalue weighted by atomic mass is 10.1. The molecule has 5 rings (SSSR count). The fourth-order valence-electron chi connectivity index (χ4n) is 5.59. The van der Waals surface area contributed by atoms with Crippen molar-refractivity contribution in [3.05, 3.63) is 88.4 Å². The van der Waals surface area contributed by atoms with Crippen molar-refractivity contribution in [2.75, 3.05) is 38.6 Å². The van der Waals surface area contributed by atoms with E-state index in [1.807, 2.05) is 19.1 Å². The fraction of sp³-hybridized carbons (Fsp3) is 0.364. The lowest BCUT2D eigenvalue weighted by Gasteiger charge is -2.28. The summed E-state index contributed by atoms with van der Waals surface area (Å²) in [5.41, 5.74) is 1.48. The summed E-state index contributed by atoms with van der Waals surface area (Å²) in [7, 11) is 1.27. The predicted octanol–water partition coefficient (Wildman–Crippen LogP) is 4.50. The number of amides is 2. The Morgan fingerprint density at radius 1 is 1.00 bits per heavy atom. The Labute approximate surface area is 255 Å². The Morgan fingerprint density at radius 3 is 2.41 bits per heavy atom. The maximum Gasteiger partial charge on any atom is 0.337 e. The molecule has 0 spiro atoms. The van der Waals surface area contributed by atoms with E-state index >= 15 is 0 Å². The van der Waals surface area contributed by atoms with Gasteiger partial charge >= 0.3 is 5.97 Å². The molecule has 1 atom stereocenters. The average molecular weight is 598 g/mol. The molecule has 11 heteroatoms. The van der Waals surface area contributed by atoms with Crippen LogP contribution in [0.5, 0.6) is 0 Å². The van der Waals surface area contributed by atoms with E-state index < -0.39 is 17.8 Å².